The van der Waals surface area contributed by atoms with Gasteiger partial charge in [-0.3, -0.25) is 9.59 Å². The highest BCUT2D eigenvalue weighted by atomic mass is 16.5. The molecule has 0 unspecified atom stereocenters. The van der Waals surface area contributed by atoms with E-state index in [1.807, 2.05) is 58.9 Å². The van der Waals surface area contributed by atoms with Crippen LogP contribution in [0.15, 0.2) is 48.5 Å². The maximum absolute atomic E-state index is 12.8. The number of aryl methyl sites for hydroxylation is 1. The Morgan fingerprint density at radius 1 is 1.10 bits per heavy atom. The van der Waals surface area contributed by atoms with Gasteiger partial charge in [0.15, 0.2) is 0 Å². The number of carbonyl (C=O) groups is 2. The smallest absolute Gasteiger partial charge is 0.251 e. The Morgan fingerprint density at radius 2 is 1.90 bits per heavy atom. The van der Waals surface area contributed by atoms with E-state index in [1.54, 1.807) is 6.07 Å². The summed E-state index contributed by atoms with van der Waals surface area (Å²) in [5.41, 5.74) is 3.33. The van der Waals surface area contributed by atoms with Crippen LogP contribution in [-0.2, 0) is 22.6 Å². The zero-order valence-corrected chi connectivity index (χ0v) is 16.4. The maximum atomic E-state index is 12.8. The Labute approximate surface area is 169 Å². The van der Waals surface area contributed by atoms with Gasteiger partial charge >= 0.3 is 0 Å². The predicted octanol–water partition coefficient (Wildman–Crippen LogP) is 2.13. The summed E-state index contributed by atoms with van der Waals surface area (Å²) >= 11 is 0. The minimum absolute atomic E-state index is 0.0303. The average Bonchev–Trinajstić information content (AvgIpc) is 3.10. The second kappa shape index (κ2) is 8.45. The van der Waals surface area contributed by atoms with Gasteiger partial charge < -0.3 is 19.5 Å². The number of para-hydroxylation sites is 2. The highest BCUT2D eigenvalue weighted by Crippen LogP contribution is 2.17. The van der Waals surface area contributed by atoms with Crippen molar-refractivity contribution >= 4 is 22.8 Å². The van der Waals surface area contributed by atoms with Gasteiger partial charge in [0.25, 0.3) is 5.91 Å². The third-order valence-electron chi connectivity index (χ3n) is 5.08. The lowest BCUT2D eigenvalue weighted by Gasteiger charge is -2.27. The molecule has 1 fully saturated rings. The Hall–Kier alpha value is -3.19. The van der Waals surface area contributed by atoms with Gasteiger partial charge in [-0.15, -0.1) is 0 Å². The molecule has 2 heterocycles. The number of carbonyl (C=O) groups excluding carboxylic acids is 2. The molecule has 1 saturated heterocycles. The lowest BCUT2D eigenvalue weighted by Crippen LogP contribution is -2.42. The number of fused-ring (bicyclic) bond motifs is 1. The molecule has 4 rings (SSSR count). The quantitative estimate of drug-likeness (QED) is 0.722. The number of morpholine rings is 1. The Morgan fingerprint density at radius 3 is 2.69 bits per heavy atom. The first-order valence-electron chi connectivity index (χ1n) is 9.76. The molecule has 0 radical (unpaired) electrons. The monoisotopic (exact) mass is 392 g/mol. The average molecular weight is 392 g/mol. The molecular formula is C22H24N4O3. The fourth-order valence-electron chi connectivity index (χ4n) is 3.53. The van der Waals surface area contributed by atoms with Crippen LogP contribution in [0.1, 0.15) is 21.7 Å². The van der Waals surface area contributed by atoms with E-state index in [1.165, 1.54) is 0 Å². The van der Waals surface area contributed by atoms with Crippen LogP contribution in [0.4, 0.5) is 0 Å². The molecule has 0 aliphatic carbocycles. The fourth-order valence-corrected chi connectivity index (χ4v) is 3.53. The first-order chi connectivity index (χ1) is 14.1. The molecule has 150 valence electrons. The molecule has 1 N–H and O–H groups in total. The largest absolute Gasteiger partial charge is 0.378 e. The Kier molecular flexibility index (Phi) is 5.57. The van der Waals surface area contributed by atoms with Crippen molar-refractivity contribution < 1.29 is 14.3 Å². The number of nitrogens with zero attached hydrogens (tertiary/aromatic N) is 3. The third kappa shape index (κ3) is 4.30. The van der Waals surface area contributed by atoms with Crippen LogP contribution in [-0.4, -0.2) is 52.6 Å². The van der Waals surface area contributed by atoms with Crippen LogP contribution in [0.3, 0.4) is 0 Å². The highest BCUT2D eigenvalue weighted by molar-refractivity contribution is 5.94. The third-order valence-corrected chi connectivity index (χ3v) is 5.08. The highest BCUT2D eigenvalue weighted by Gasteiger charge is 2.20. The van der Waals surface area contributed by atoms with E-state index in [-0.39, 0.29) is 24.9 Å². The predicted molar refractivity (Wildman–Crippen MR) is 109 cm³/mol. The van der Waals surface area contributed by atoms with Crippen molar-refractivity contribution in [3.05, 3.63) is 65.5 Å². The lowest BCUT2D eigenvalue weighted by molar-refractivity contribution is -0.135. The standard InChI is InChI=1S/C22H24N4O3/c1-16-5-4-6-17(13-16)22(28)23-14-20-24-18-7-2-3-8-19(18)26(20)15-21(27)25-9-11-29-12-10-25/h2-8,13H,9-12,14-15H2,1H3,(H,23,28). The minimum atomic E-state index is -0.160. The van der Waals surface area contributed by atoms with E-state index in [2.05, 4.69) is 10.3 Å². The number of benzene rings is 2. The van der Waals surface area contributed by atoms with Gasteiger partial charge in [0.1, 0.15) is 12.4 Å². The number of nitrogens with one attached hydrogen (secondary N) is 1. The summed E-state index contributed by atoms with van der Waals surface area (Å²) in [6.45, 7) is 4.73. The second-order valence-corrected chi connectivity index (χ2v) is 7.15. The van der Waals surface area contributed by atoms with Crippen LogP contribution in [0.25, 0.3) is 11.0 Å². The van der Waals surface area contributed by atoms with Crippen LogP contribution in [0, 0.1) is 6.92 Å². The molecule has 1 aromatic heterocycles. The second-order valence-electron chi connectivity index (χ2n) is 7.15. The van der Waals surface area contributed by atoms with Crippen LogP contribution in [0.5, 0.6) is 0 Å². The van der Waals surface area contributed by atoms with Crippen molar-refractivity contribution in [3.8, 4) is 0 Å². The molecule has 1 aliphatic rings. The van der Waals surface area contributed by atoms with Crippen LogP contribution >= 0.6 is 0 Å². The first kappa shape index (κ1) is 19.1. The number of hydrogen-bond donors (Lipinski definition) is 1. The number of imidazole rings is 1. The summed E-state index contributed by atoms with van der Waals surface area (Å²) in [7, 11) is 0. The fraction of sp³-hybridized carbons (Fsp3) is 0.318. The summed E-state index contributed by atoms with van der Waals surface area (Å²) in [5.74, 6) is 0.531. The summed E-state index contributed by atoms with van der Waals surface area (Å²) < 4.78 is 7.23. The lowest BCUT2D eigenvalue weighted by atomic mass is 10.1. The maximum Gasteiger partial charge on any atom is 0.251 e. The van der Waals surface area contributed by atoms with Gasteiger partial charge in [-0.1, -0.05) is 29.8 Å². The molecule has 0 saturated carbocycles. The zero-order chi connectivity index (χ0) is 20.2. The molecule has 7 heteroatoms. The molecular weight excluding hydrogens is 368 g/mol. The van der Waals surface area contributed by atoms with Gasteiger partial charge in [-0.25, -0.2) is 4.98 Å². The van der Waals surface area contributed by atoms with Crippen molar-refractivity contribution in [3.63, 3.8) is 0 Å². The van der Waals surface area contributed by atoms with Gasteiger partial charge in [0, 0.05) is 18.7 Å². The van der Waals surface area contributed by atoms with Gasteiger partial charge in [0.2, 0.25) is 5.91 Å². The molecule has 1 aliphatic heterocycles. The van der Waals surface area contributed by atoms with Crippen molar-refractivity contribution in [1.82, 2.24) is 19.8 Å². The minimum Gasteiger partial charge on any atom is -0.378 e. The molecule has 3 aromatic rings. The Bertz CT molecular complexity index is 1040. The normalized spacial score (nSPS) is 14.2. The number of hydrogen-bond acceptors (Lipinski definition) is 4. The van der Waals surface area contributed by atoms with E-state index in [4.69, 9.17) is 4.74 Å². The number of aromatic nitrogens is 2. The Balaban J connectivity index is 1.54. The van der Waals surface area contributed by atoms with Crippen molar-refractivity contribution in [2.75, 3.05) is 26.3 Å². The van der Waals surface area contributed by atoms with E-state index in [0.717, 1.165) is 16.6 Å². The topological polar surface area (TPSA) is 76.5 Å². The zero-order valence-electron chi connectivity index (χ0n) is 16.4. The summed E-state index contributed by atoms with van der Waals surface area (Å²) in [5, 5.41) is 2.93. The molecule has 7 nitrogen and oxygen atoms in total. The summed E-state index contributed by atoms with van der Waals surface area (Å²) in [6, 6.07) is 15.1. The SMILES string of the molecule is Cc1cccc(C(=O)NCc2nc3ccccc3n2CC(=O)N2CCOCC2)c1. The number of amides is 2. The molecule has 0 spiro atoms. The number of rotatable bonds is 5. The number of ether oxygens (including phenoxy) is 1. The molecule has 29 heavy (non-hydrogen) atoms. The molecule has 0 atom stereocenters. The molecule has 2 aromatic carbocycles. The molecule has 2 amide bonds. The summed E-state index contributed by atoms with van der Waals surface area (Å²) in [4.78, 5) is 31.8. The van der Waals surface area contributed by atoms with E-state index < -0.39 is 0 Å². The van der Waals surface area contributed by atoms with Crippen molar-refractivity contribution in [2.24, 2.45) is 0 Å². The van der Waals surface area contributed by atoms with Crippen LogP contribution < -0.4 is 5.32 Å². The van der Waals surface area contributed by atoms with Gasteiger partial charge in [-0.05, 0) is 31.2 Å². The van der Waals surface area contributed by atoms with Gasteiger partial charge in [-0.2, -0.15) is 0 Å². The van der Waals surface area contributed by atoms with Gasteiger partial charge in [0.05, 0.1) is 30.8 Å². The first-order valence-corrected chi connectivity index (χ1v) is 9.76. The van der Waals surface area contributed by atoms with Crippen molar-refractivity contribution in [1.29, 1.82) is 0 Å². The van der Waals surface area contributed by atoms with Crippen LogP contribution in [0.2, 0.25) is 0 Å². The van der Waals surface area contributed by atoms with E-state index in [9.17, 15) is 9.59 Å². The summed E-state index contributed by atoms with van der Waals surface area (Å²) in [6.07, 6.45) is 0. The van der Waals surface area contributed by atoms with E-state index in [0.29, 0.717) is 37.7 Å². The van der Waals surface area contributed by atoms with Crippen molar-refractivity contribution in [2.45, 2.75) is 20.0 Å². The van der Waals surface area contributed by atoms with E-state index >= 15 is 0 Å². The molecule has 0 bridgehead atoms.